The van der Waals surface area contributed by atoms with Gasteiger partial charge in [-0.25, -0.2) is 0 Å². The Hall–Kier alpha value is -3.64. The maximum atomic E-state index is 12.7. The van der Waals surface area contributed by atoms with Crippen molar-refractivity contribution < 1.29 is 14.3 Å². The monoisotopic (exact) mass is 471 g/mol. The van der Waals surface area contributed by atoms with E-state index in [1.807, 2.05) is 12.1 Å². The van der Waals surface area contributed by atoms with Gasteiger partial charge < -0.3 is 15.8 Å². The van der Waals surface area contributed by atoms with E-state index in [0.29, 0.717) is 29.5 Å². The van der Waals surface area contributed by atoms with Crippen molar-refractivity contribution in [3.8, 4) is 5.75 Å². The molecule has 1 fully saturated rings. The van der Waals surface area contributed by atoms with Crippen LogP contribution in [0.15, 0.2) is 72.8 Å². The molecule has 4 rings (SSSR count). The van der Waals surface area contributed by atoms with Gasteiger partial charge >= 0.3 is 0 Å². The zero-order chi connectivity index (χ0) is 24.6. The number of benzene rings is 3. The van der Waals surface area contributed by atoms with Crippen LogP contribution in [0.25, 0.3) is 0 Å². The van der Waals surface area contributed by atoms with Crippen LogP contribution in [0.2, 0.25) is 0 Å². The number of carbonyl (C=O) groups is 2. The van der Waals surface area contributed by atoms with E-state index in [0.717, 1.165) is 17.7 Å². The molecule has 6 heteroatoms. The lowest BCUT2D eigenvalue weighted by Gasteiger charge is -2.33. The van der Waals surface area contributed by atoms with Crippen molar-refractivity contribution in [2.75, 3.05) is 6.54 Å². The zero-order valence-corrected chi connectivity index (χ0v) is 20.2. The number of hydrogen-bond donors (Lipinski definition) is 2. The molecule has 3 aromatic carbocycles. The van der Waals surface area contributed by atoms with E-state index in [1.165, 1.54) is 31.4 Å². The molecule has 6 nitrogen and oxygen atoms in total. The number of rotatable bonds is 9. The van der Waals surface area contributed by atoms with Crippen LogP contribution >= 0.6 is 0 Å². The third-order valence-electron chi connectivity index (χ3n) is 6.54. The topological polar surface area (TPSA) is 84.7 Å². The number of amides is 2. The van der Waals surface area contributed by atoms with Crippen molar-refractivity contribution in [2.45, 2.75) is 51.9 Å². The van der Waals surface area contributed by atoms with Gasteiger partial charge in [-0.1, -0.05) is 55.0 Å². The summed E-state index contributed by atoms with van der Waals surface area (Å²) in [6, 6.07) is 23.3. The number of likely N-dealkylation sites (tertiary alicyclic amines) is 1. The van der Waals surface area contributed by atoms with Crippen molar-refractivity contribution in [3.63, 3.8) is 0 Å². The summed E-state index contributed by atoms with van der Waals surface area (Å²) in [6.07, 6.45) is 3.88. The predicted molar refractivity (Wildman–Crippen MR) is 137 cm³/mol. The average molecular weight is 472 g/mol. The second-order valence-electron chi connectivity index (χ2n) is 9.16. The number of ether oxygens (including phenoxy) is 1. The first-order valence-electron chi connectivity index (χ1n) is 12.2. The van der Waals surface area contributed by atoms with E-state index in [4.69, 9.17) is 10.5 Å². The van der Waals surface area contributed by atoms with Crippen LogP contribution in [-0.4, -0.2) is 29.3 Å². The van der Waals surface area contributed by atoms with Gasteiger partial charge in [0.1, 0.15) is 12.4 Å². The molecule has 0 bridgehead atoms. The number of hydrogen-bond acceptors (Lipinski definition) is 4. The molecule has 0 saturated carbocycles. The molecule has 1 aliphatic rings. The molecule has 3 aromatic rings. The summed E-state index contributed by atoms with van der Waals surface area (Å²) in [5, 5.41) is 3.00. The molecule has 0 radical (unpaired) electrons. The Labute approximate surface area is 207 Å². The lowest BCUT2D eigenvalue weighted by Crippen LogP contribution is -2.36. The van der Waals surface area contributed by atoms with Gasteiger partial charge in [-0.15, -0.1) is 0 Å². The minimum absolute atomic E-state index is 0.143. The lowest BCUT2D eigenvalue weighted by molar-refractivity contribution is 0.0949. The molecule has 182 valence electrons. The van der Waals surface area contributed by atoms with Gasteiger partial charge in [0.25, 0.3) is 11.8 Å². The van der Waals surface area contributed by atoms with E-state index >= 15 is 0 Å². The van der Waals surface area contributed by atoms with E-state index in [9.17, 15) is 9.59 Å². The molecule has 1 aliphatic heterocycles. The Morgan fingerprint density at radius 1 is 0.971 bits per heavy atom. The highest BCUT2D eigenvalue weighted by Gasteiger charge is 2.18. The molecule has 1 saturated heterocycles. The number of piperidine rings is 1. The van der Waals surface area contributed by atoms with Crippen molar-refractivity contribution in [1.29, 1.82) is 0 Å². The fourth-order valence-electron chi connectivity index (χ4n) is 4.43. The van der Waals surface area contributed by atoms with Gasteiger partial charge in [-0.2, -0.15) is 0 Å². The molecule has 1 heterocycles. The first-order chi connectivity index (χ1) is 17.0. The molecule has 0 aliphatic carbocycles. The van der Waals surface area contributed by atoms with E-state index in [2.05, 4.69) is 41.4 Å². The third kappa shape index (κ3) is 6.70. The Morgan fingerprint density at radius 3 is 2.51 bits per heavy atom. The van der Waals surface area contributed by atoms with Crippen LogP contribution in [-0.2, 0) is 19.7 Å². The molecule has 0 spiro atoms. The smallest absolute Gasteiger partial charge is 0.252 e. The Balaban J connectivity index is 1.30. The van der Waals surface area contributed by atoms with Crippen molar-refractivity contribution in [2.24, 2.45) is 5.73 Å². The van der Waals surface area contributed by atoms with Gasteiger partial charge in [0.15, 0.2) is 0 Å². The minimum Gasteiger partial charge on any atom is -0.488 e. The van der Waals surface area contributed by atoms with Crippen LogP contribution in [0.3, 0.4) is 0 Å². The van der Waals surface area contributed by atoms with E-state index in [-0.39, 0.29) is 12.5 Å². The molecule has 1 unspecified atom stereocenters. The molecule has 1 atom stereocenters. The fraction of sp³-hybridized carbons (Fsp3) is 0.310. The Kier molecular flexibility index (Phi) is 8.16. The van der Waals surface area contributed by atoms with Crippen LogP contribution < -0.4 is 15.8 Å². The first-order valence-corrected chi connectivity index (χ1v) is 12.2. The molecule has 0 aromatic heterocycles. The Bertz CT molecular complexity index is 1160. The molecular weight excluding hydrogens is 438 g/mol. The summed E-state index contributed by atoms with van der Waals surface area (Å²) in [5.41, 5.74) is 9.50. The SMILES string of the molecule is CC1CCCCN1Cc1ccc(CNC(=O)c2cccc(COc3ccccc3C(N)=O)c2)cc1. The summed E-state index contributed by atoms with van der Waals surface area (Å²) in [4.78, 5) is 26.9. The first kappa shape index (κ1) is 24.5. The maximum Gasteiger partial charge on any atom is 0.252 e. The number of carbonyl (C=O) groups excluding carboxylic acids is 2. The van der Waals surface area contributed by atoms with E-state index in [1.54, 1.807) is 36.4 Å². The zero-order valence-electron chi connectivity index (χ0n) is 20.2. The summed E-state index contributed by atoms with van der Waals surface area (Å²) in [5.74, 6) is -0.258. The maximum absolute atomic E-state index is 12.7. The highest BCUT2D eigenvalue weighted by Crippen LogP contribution is 2.20. The molecular formula is C29H33N3O3. The summed E-state index contributed by atoms with van der Waals surface area (Å²) in [6.45, 7) is 5.14. The fourth-order valence-corrected chi connectivity index (χ4v) is 4.43. The van der Waals surface area contributed by atoms with Crippen molar-refractivity contribution >= 4 is 11.8 Å². The number of primary amides is 1. The van der Waals surface area contributed by atoms with Crippen LogP contribution in [0, 0.1) is 0 Å². The number of nitrogens with one attached hydrogen (secondary N) is 1. The highest BCUT2D eigenvalue weighted by molar-refractivity contribution is 5.95. The molecule has 2 amide bonds. The van der Waals surface area contributed by atoms with Gasteiger partial charge in [-0.3, -0.25) is 14.5 Å². The summed E-state index contributed by atoms with van der Waals surface area (Å²) < 4.78 is 5.78. The van der Waals surface area contributed by atoms with Gasteiger partial charge in [0.05, 0.1) is 5.56 Å². The van der Waals surface area contributed by atoms with Gasteiger partial charge in [0, 0.05) is 24.7 Å². The average Bonchev–Trinajstić information content (AvgIpc) is 2.88. The van der Waals surface area contributed by atoms with E-state index < -0.39 is 5.91 Å². The highest BCUT2D eigenvalue weighted by atomic mass is 16.5. The van der Waals surface area contributed by atoms with Crippen LogP contribution in [0.5, 0.6) is 5.75 Å². The second kappa shape index (κ2) is 11.7. The van der Waals surface area contributed by atoms with Crippen LogP contribution in [0.4, 0.5) is 0 Å². The molecule has 3 N–H and O–H groups in total. The number of nitrogens with two attached hydrogens (primary N) is 1. The number of nitrogens with zero attached hydrogens (tertiary/aromatic N) is 1. The van der Waals surface area contributed by atoms with Crippen LogP contribution in [0.1, 0.15) is 63.6 Å². The van der Waals surface area contributed by atoms with Gasteiger partial charge in [0.2, 0.25) is 0 Å². The largest absolute Gasteiger partial charge is 0.488 e. The summed E-state index contributed by atoms with van der Waals surface area (Å²) in [7, 11) is 0. The quantitative estimate of drug-likeness (QED) is 0.475. The Morgan fingerprint density at radius 2 is 1.74 bits per heavy atom. The lowest BCUT2D eigenvalue weighted by atomic mass is 10.0. The van der Waals surface area contributed by atoms with Crippen molar-refractivity contribution in [1.82, 2.24) is 10.2 Å². The summed E-state index contributed by atoms with van der Waals surface area (Å²) >= 11 is 0. The second-order valence-corrected chi connectivity index (χ2v) is 9.16. The standard InChI is InChI=1S/C29H33N3O3/c1-21-7-4-5-16-32(21)19-23-14-12-22(13-15-23)18-31-29(34)25-9-6-8-24(17-25)20-35-27-11-3-2-10-26(27)28(30)33/h2-3,6,8-15,17,21H,4-5,7,16,18-20H2,1H3,(H2,30,33)(H,31,34). The normalized spacial score (nSPS) is 16.0. The third-order valence-corrected chi connectivity index (χ3v) is 6.54. The van der Waals surface area contributed by atoms with Gasteiger partial charge in [-0.05, 0) is 67.3 Å². The van der Waals surface area contributed by atoms with Crippen molar-refractivity contribution in [3.05, 3.63) is 101 Å². The predicted octanol–water partition coefficient (Wildman–Crippen LogP) is 4.67. The minimum atomic E-state index is -0.539. The molecule has 35 heavy (non-hydrogen) atoms. The number of para-hydroxylation sites is 1.